The van der Waals surface area contributed by atoms with Gasteiger partial charge in [0.15, 0.2) is 0 Å². The highest BCUT2D eigenvalue weighted by atomic mass is 35.5. The number of halogens is 2. The Morgan fingerprint density at radius 3 is 2.89 bits per heavy atom. The van der Waals surface area contributed by atoms with Gasteiger partial charge in [-0.05, 0) is 30.5 Å². The molecule has 3 nitrogen and oxygen atoms in total. The van der Waals surface area contributed by atoms with Gasteiger partial charge in [0.25, 0.3) is 5.91 Å². The van der Waals surface area contributed by atoms with Crippen LogP contribution >= 0.6 is 11.6 Å². The maximum atomic E-state index is 13.7. The van der Waals surface area contributed by atoms with Crippen molar-refractivity contribution in [3.8, 4) is 0 Å². The molecule has 1 aliphatic rings. The number of carbonyl (C=O) groups excluding carboxylic acids is 1. The second-order valence-corrected chi connectivity index (χ2v) is 5.24. The van der Waals surface area contributed by atoms with Gasteiger partial charge in [-0.1, -0.05) is 18.5 Å². The third-order valence-corrected chi connectivity index (χ3v) is 3.66. The van der Waals surface area contributed by atoms with Gasteiger partial charge in [0.2, 0.25) is 0 Å². The van der Waals surface area contributed by atoms with E-state index in [1.54, 1.807) is 4.90 Å². The van der Waals surface area contributed by atoms with Crippen LogP contribution in [-0.2, 0) is 0 Å². The Kier molecular flexibility index (Phi) is 3.88. The predicted molar refractivity (Wildman–Crippen MR) is 69.1 cm³/mol. The molecule has 0 aliphatic carbocycles. The summed E-state index contributed by atoms with van der Waals surface area (Å²) in [7, 11) is 0. The van der Waals surface area contributed by atoms with Gasteiger partial charge in [-0.15, -0.1) is 0 Å². The van der Waals surface area contributed by atoms with Gasteiger partial charge >= 0.3 is 0 Å². The highest BCUT2D eigenvalue weighted by Gasteiger charge is 2.28. The molecule has 2 atom stereocenters. The molecular weight excluding hydrogens is 255 g/mol. The molecule has 1 saturated heterocycles. The standard InChI is InChI=1S/C13H16ClFN2O/c1-8-7-17(5-4-12(8)16)13(18)10-3-2-9(14)6-11(10)15/h2-3,6,8,12H,4-5,7,16H2,1H3. The van der Waals surface area contributed by atoms with Crippen LogP contribution in [0.2, 0.25) is 5.02 Å². The van der Waals surface area contributed by atoms with Crippen LogP contribution in [0.1, 0.15) is 23.7 Å². The van der Waals surface area contributed by atoms with E-state index in [-0.39, 0.29) is 28.5 Å². The van der Waals surface area contributed by atoms with E-state index in [9.17, 15) is 9.18 Å². The largest absolute Gasteiger partial charge is 0.338 e. The molecule has 1 aromatic carbocycles. The van der Waals surface area contributed by atoms with E-state index in [2.05, 4.69) is 0 Å². The Balaban J connectivity index is 2.16. The number of nitrogens with two attached hydrogens (primary N) is 1. The maximum absolute atomic E-state index is 13.7. The monoisotopic (exact) mass is 270 g/mol. The van der Waals surface area contributed by atoms with Crippen molar-refractivity contribution in [1.82, 2.24) is 4.90 Å². The first-order valence-electron chi connectivity index (χ1n) is 5.99. The summed E-state index contributed by atoms with van der Waals surface area (Å²) in [5.74, 6) is -0.629. The summed E-state index contributed by atoms with van der Waals surface area (Å²) < 4.78 is 13.7. The molecule has 1 aromatic rings. The Morgan fingerprint density at radius 2 is 2.28 bits per heavy atom. The highest BCUT2D eigenvalue weighted by molar-refractivity contribution is 6.30. The molecule has 2 rings (SSSR count). The third kappa shape index (κ3) is 2.65. The molecule has 0 spiro atoms. The van der Waals surface area contributed by atoms with Gasteiger partial charge in [-0.2, -0.15) is 0 Å². The first kappa shape index (κ1) is 13.3. The van der Waals surface area contributed by atoms with Gasteiger partial charge in [-0.3, -0.25) is 4.79 Å². The van der Waals surface area contributed by atoms with Gasteiger partial charge in [0.05, 0.1) is 5.56 Å². The second-order valence-electron chi connectivity index (χ2n) is 4.81. The molecule has 2 N–H and O–H groups in total. The highest BCUT2D eigenvalue weighted by Crippen LogP contribution is 2.20. The third-order valence-electron chi connectivity index (χ3n) is 3.42. The summed E-state index contributed by atoms with van der Waals surface area (Å²) in [6, 6.07) is 4.23. The lowest BCUT2D eigenvalue weighted by Crippen LogP contribution is -2.48. The van der Waals surface area contributed by atoms with E-state index in [0.717, 1.165) is 12.5 Å². The van der Waals surface area contributed by atoms with Crippen molar-refractivity contribution < 1.29 is 9.18 Å². The molecule has 98 valence electrons. The number of rotatable bonds is 1. The number of hydrogen-bond donors (Lipinski definition) is 1. The lowest BCUT2D eigenvalue weighted by atomic mass is 9.94. The van der Waals surface area contributed by atoms with Crippen LogP contribution in [0, 0.1) is 11.7 Å². The van der Waals surface area contributed by atoms with Crippen LogP contribution in [0.5, 0.6) is 0 Å². The summed E-state index contributed by atoms with van der Waals surface area (Å²) in [5, 5.41) is 0.290. The first-order valence-corrected chi connectivity index (χ1v) is 6.36. The van der Waals surface area contributed by atoms with E-state index in [4.69, 9.17) is 17.3 Å². The average molecular weight is 271 g/mol. The molecule has 1 aliphatic heterocycles. The van der Waals surface area contributed by atoms with Crippen molar-refractivity contribution in [2.75, 3.05) is 13.1 Å². The number of amides is 1. The Labute approximate surface area is 111 Å². The van der Waals surface area contributed by atoms with Crippen molar-refractivity contribution in [2.45, 2.75) is 19.4 Å². The molecular formula is C13H16ClFN2O. The van der Waals surface area contributed by atoms with E-state index >= 15 is 0 Å². The van der Waals surface area contributed by atoms with Crippen LogP contribution in [-0.4, -0.2) is 29.9 Å². The van der Waals surface area contributed by atoms with Gasteiger partial charge in [-0.25, -0.2) is 4.39 Å². The molecule has 0 aromatic heterocycles. The summed E-state index contributed by atoms with van der Waals surface area (Å²) >= 11 is 5.67. The van der Waals surface area contributed by atoms with E-state index in [1.807, 2.05) is 6.92 Å². The molecule has 5 heteroatoms. The fraction of sp³-hybridized carbons (Fsp3) is 0.462. The van der Waals surface area contributed by atoms with Crippen molar-refractivity contribution in [3.63, 3.8) is 0 Å². The van der Waals surface area contributed by atoms with E-state index < -0.39 is 5.82 Å². The molecule has 0 radical (unpaired) electrons. The zero-order valence-electron chi connectivity index (χ0n) is 10.2. The van der Waals surface area contributed by atoms with Gasteiger partial charge < -0.3 is 10.6 Å². The van der Waals surface area contributed by atoms with Gasteiger partial charge in [0, 0.05) is 24.2 Å². The number of nitrogens with zero attached hydrogens (tertiary/aromatic N) is 1. The molecule has 1 fully saturated rings. The van der Waals surface area contributed by atoms with Crippen LogP contribution in [0.4, 0.5) is 4.39 Å². The SMILES string of the molecule is CC1CN(C(=O)c2ccc(Cl)cc2F)CCC1N. The molecule has 1 heterocycles. The van der Waals surface area contributed by atoms with Crippen LogP contribution in [0.25, 0.3) is 0 Å². The fourth-order valence-electron chi connectivity index (χ4n) is 2.18. The van der Waals surface area contributed by atoms with Crippen LogP contribution in [0.15, 0.2) is 18.2 Å². The summed E-state index contributed by atoms with van der Waals surface area (Å²) in [4.78, 5) is 13.8. The number of carbonyl (C=O) groups is 1. The zero-order chi connectivity index (χ0) is 13.3. The summed E-state index contributed by atoms with van der Waals surface area (Å²) in [6.07, 6.45) is 0.752. The van der Waals surface area contributed by atoms with Crippen LogP contribution < -0.4 is 5.73 Å². The lowest BCUT2D eigenvalue weighted by Gasteiger charge is -2.35. The maximum Gasteiger partial charge on any atom is 0.256 e. The van der Waals surface area contributed by atoms with Crippen molar-refractivity contribution in [3.05, 3.63) is 34.6 Å². The average Bonchev–Trinajstić information content (AvgIpc) is 2.32. The predicted octanol–water partition coefficient (Wildman–Crippen LogP) is 2.29. The molecule has 1 amide bonds. The summed E-state index contributed by atoms with van der Waals surface area (Å²) in [5.41, 5.74) is 5.97. The minimum atomic E-state index is -0.574. The fourth-order valence-corrected chi connectivity index (χ4v) is 2.34. The van der Waals surface area contributed by atoms with E-state index in [1.165, 1.54) is 12.1 Å². The smallest absolute Gasteiger partial charge is 0.256 e. The normalized spacial score (nSPS) is 24.1. The second kappa shape index (κ2) is 5.24. The first-order chi connectivity index (χ1) is 8.49. The summed E-state index contributed by atoms with van der Waals surface area (Å²) in [6.45, 7) is 3.15. The molecule has 2 unspecified atom stereocenters. The Hall–Kier alpha value is -1.13. The lowest BCUT2D eigenvalue weighted by molar-refractivity contribution is 0.0659. The Morgan fingerprint density at radius 1 is 1.56 bits per heavy atom. The molecule has 0 saturated carbocycles. The van der Waals surface area contributed by atoms with E-state index in [0.29, 0.717) is 13.1 Å². The minimum Gasteiger partial charge on any atom is -0.338 e. The number of likely N-dealkylation sites (tertiary alicyclic amines) is 1. The number of benzene rings is 1. The van der Waals surface area contributed by atoms with Crippen molar-refractivity contribution in [2.24, 2.45) is 11.7 Å². The molecule has 0 bridgehead atoms. The Bertz CT molecular complexity index is 466. The van der Waals surface area contributed by atoms with Gasteiger partial charge in [0.1, 0.15) is 5.82 Å². The number of piperidine rings is 1. The molecule has 18 heavy (non-hydrogen) atoms. The van der Waals surface area contributed by atoms with Crippen LogP contribution in [0.3, 0.4) is 0 Å². The quantitative estimate of drug-likeness (QED) is 0.851. The topological polar surface area (TPSA) is 46.3 Å². The van der Waals surface area contributed by atoms with Crippen molar-refractivity contribution in [1.29, 1.82) is 0 Å². The zero-order valence-corrected chi connectivity index (χ0v) is 11.0. The minimum absolute atomic E-state index is 0.0714. The number of hydrogen-bond acceptors (Lipinski definition) is 2. The van der Waals surface area contributed by atoms with Crippen molar-refractivity contribution >= 4 is 17.5 Å².